The maximum atomic E-state index is 11.7. The van der Waals surface area contributed by atoms with E-state index in [1.54, 1.807) is 16.8 Å². The van der Waals surface area contributed by atoms with Gasteiger partial charge in [-0.2, -0.15) is 0 Å². The topological polar surface area (TPSA) is 52.6 Å². The van der Waals surface area contributed by atoms with Gasteiger partial charge in [0.15, 0.2) is 0 Å². The number of carbonyl (C=O) groups excluding carboxylic acids is 2. The van der Waals surface area contributed by atoms with Gasteiger partial charge in [0.2, 0.25) is 11.8 Å². The van der Waals surface area contributed by atoms with Gasteiger partial charge in [-0.3, -0.25) is 9.59 Å². The molecule has 1 rings (SSSR count). The lowest BCUT2D eigenvalue weighted by Gasteiger charge is -2.23. The minimum absolute atomic E-state index is 0.00688. The molecule has 0 aromatic rings. The van der Waals surface area contributed by atoms with E-state index in [0.717, 1.165) is 0 Å². The predicted molar refractivity (Wildman–Crippen MR) is 57.4 cm³/mol. The lowest BCUT2D eigenvalue weighted by atomic mass is 10.3. The first-order chi connectivity index (χ1) is 7.04. The number of amides is 2. The molecule has 15 heavy (non-hydrogen) atoms. The standard InChI is InChI=1S/C10H19N3O2/c1-8(11-2)7-13-5-4-12(3)9(14)6-10(13)15/h8,11H,4-7H2,1-3H3. The van der Waals surface area contributed by atoms with Crippen LogP contribution in [0.15, 0.2) is 0 Å². The van der Waals surface area contributed by atoms with Gasteiger partial charge < -0.3 is 15.1 Å². The molecule has 1 heterocycles. The molecule has 5 nitrogen and oxygen atoms in total. The molecule has 1 atom stereocenters. The predicted octanol–water partition coefficient (Wildman–Crippen LogP) is -0.715. The zero-order valence-corrected chi connectivity index (χ0v) is 9.62. The fourth-order valence-electron chi connectivity index (χ4n) is 1.51. The molecule has 1 fully saturated rings. The van der Waals surface area contributed by atoms with Gasteiger partial charge in [0, 0.05) is 32.7 Å². The molecule has 0 bridgehead atoms. The highest BCUT2D eigenvalue weighted by molar-refractivity contribution is 5.97. The van der Waals surface area contributed by atoms with E-state index in [4.69, 9.17) is 0 Å². The van der Waals surface area contributed by atoms with Crippen molar-refractivity contribution in [3.05, 3.63) is 0 Å². The summed E-state index contributed by atoms with van der Waals surface area (Å²) in [6, 6.07) is 0.257. The van der Waals surface area contributed by atoms with Crippen molar-refractivity contribution in [2.75, 3.05) is 33.7 Å². The minimum Gasteiger partial charge on any atom is -0.344 e. The minimum atomic E-state index is -0.0837. The van der Waals surface area contributed by atoms with Crippen LogP contribution in [0, 0.1) is 0 Å². The summed E-state index contributed by atoms with van der Waals surface area (Å²) in [5.74, 6) is -0.147. The quantitative estimate of drug-likeness (QED) is 0.630. The zero-order chi connectivity index (χ0) is 11.4. The summed E-state index contributed by atoms with van der Waals surface area (Å²) in [5.41, 5.74) is 0. The number of carbonyl (C=O) groups is 2. The van der Waals surface area contributed by atoms with Crippen LogP contribution in [0.25, 0.3) is 0 Å². The normalized spacial score (nSPS) is 20.5. The average molecular weight is 213 g/mol. The molecule has 0 spiro atoms. The van der Waals surface area contributed by atoms with Crippen LogP contribution in [-0.4, -0.2) is 61.4 Å². The van der Waals surface area contributed by atoms with Gasteiger partial charge in [0.05, 0.1) is 0 Å². The number of hydrogen-bond acceptors (Lipinski definition) is 3. The van der Waals surface area contributed by atoms with Crippen LogP contribution in [-0.2, 0) is 9.59 Å². The van der Waals surface area contributed by atoms with Crippen molar-refractivity contribution in [3.8, 4) is 0 Å². The maximum Gasteiger partial charge on any atom is 0.232 e. The van der Waals surface area contributed by atoms with Crippen molar-refractivity contribution in [1.29, 1.82) is 0 Å². The molecule has 1 aliphatic rings. The summed E-state index contributed by atoms with van der Waals surface area (Å²) in [4.78, 5) is 26.4. The largest absolute Gasteiger partial charge is 0.344 e. The lowest BCUT2D eigenvalue weighted by molar-refractivity contribution is -0.136. The van der Waals surface area contributed by atoms with Gasteiger partial charge in [-0.25, -0.2) is 0 Å². The van der Waals surface area contributed by atoms with Crippen molar-refractivity contribution in [3.63, 3.8) is 0 Å². The van der Waals surface area contributed by atoms with Gasteiger partial charge in [0.1, 0.15) is 6.42 Å². The smallest absolute Gasteiger partial charge is 0.232 e. The lowest BCUT2D eigenvalue weighted by Crippen LogP contribution is -2.41. The number of nitrogens with one attached hydrogen (secondary N) is 1. The summed E-state index contributed by atoms with van der Waals surface area (Å²) < 4.78 is 0. The fraction of sp³-hybridized carbons (Fsp3) is 0.800. The van der Waals surface area contributed by atoms with E-state index in [9.17, 15) is 9.59 Å². The van der Waals surface area contributed by atoms with Gasteiger partial charge in [-0.15, -0.1) is 0 Å². The highest BCUT2D eigenvalue weighted by atomic mass is 16.2. The number of likely N-dealkylation sites (N-methyl/N-ethyl adjacent to an activating group) is 2. The number of nitrogens with zero attached hydrogens (tertiary/aromatic N) is 2. The Morgan fingerprint density at radius 3 is 2.60 bits per heavy atom. The molecule has 0 aliphatic carbocycles. The second kappa shape index (κ2) is 5.11. The van der Waals surface area contributed by atoms with E-state index in [0.29, 0.717) is 19.6 Å². The van der Waals surface area contributed by atoms with Gasteiger partial charge in [-0.05, 0) is 14.0 Å². The number of hydrogen-bond donors (Lipinski definition) is 1. The fourth-order valence-corrected chi connectivity index (χ4v) is 1.51. The van der Waals surface area contributed by atoms with Crippen LogP contribution in [0.5, 0.6) is 0 Å². The molecule has 1 unspecified atom stereocenters. The first-order valence-corrected chi connectivity index (χ1v) is 5.23. The second-order valence-corrected chi connectivity index (χ2v) is 4.02. The summed E-state index contributed by atoms with van der Waals surface area (Å²) in [6.07, 6.45) is 0.00688. The van der Waals surface area contributed by atoms with Crippen LogP contribution in [0.3, 0.4) is 0 Å². The third-order valence-electron chi connectivity index (χ3n) is 2.77. The van der Waals surface area contributed by atoms with Crippen molar-refractivity contribution in [2.45, 2.75) is 19.4 Å². The Labute approximate surface area is 90.4 Å². The Hall–Kier alpha value is -1.10. The Balaban J connectivity index is 2.58. The van der Waals surface area contributed by atoms with E-state index in [1.807, 2.05) is 14.0 Å². The Morgan fingerprint density at radius 1 is 1.33 bits per heavy atom. The molecule has 0 aromatic carbocycles. The maximum absolute atomic E-state index is 11.7. The van der Waals surface area contributed by atoms with Crippen molar-refractivity contribution in [1.82, 2.24) is 15.1 Å². The first-order valence-electron chi connectivity index (χ1n) is 5.23. The van der Waals surface area contributed by atoms with E-state index in [1.165, 1.54) is 0 Å². The third kappa shape index (κ3) is 3.20. The molecule has 0 aromatic heterocycles. The third-order valence-corrected chi connectivity index (χ3v) is 2.77. The van der Waals surface area contributed by atoms with Crippen molar-refractivity contribution in [2.24, 2.45) is 0 Å². The zero-order valence-electron chi connectivity index (χ0n) is 9.62. The summed E-state index contributed by atoms with van der Waals surface area (Å²) in [6.45, 7) is 3.94. The van der Waals surface area contributed by atoms with E-state index >= 15 is 0 Å². The van der Waals surface area contributed by atoms with Crippen LogP contribution >= 0.6 is 0 Å². The van der Waals surface area contributed by atoms with E-state index in [-0.39, 0.29) is 24.3 Å². The highest BCUT2D eigenvalue weighted by Crippen LogP contribution is 2.05. The van der Waals surface area contributed by atoms with Crippen molar-refractivity contribution >= 4 is 11.8 Å². The van der Waals surface area contributed by atoms with Crippen LogP contribution in [0.2, 0.25) is 0 Å². The molecule has 5 heteroatoms. The summed E-state index contributed by atoms with van der Waals surface area (Å²) in [5, 5.41) is 3.08. The van der Waals surface area contributed by atoms with Gasteiger partial charge in [-0.1, -0.05) is 0 Å². The molecule has 1 saturated heterocycles. The molecule has 0 saturated carbocycles. The molecule has 2 amide bonds. The van der Waals surface area contributed by atoms with E-state index in [2.05, 4.69) is 5.32 Å². The van der Waals surface area contributed by atoms with Crippen LogP contribution in [0.4, 0.5) is 0 Å². The molecular formula is C10H19N3O2. The average Bonchev–Trinajstić information content (AvgIpc) is 2.32. The van der Waals surface area contributed by atoms with Gasteiger partial charge >= 0.3 is 0 Å². The SMILES string of the molecule is CNC(C)CN1CCN(C)C(=O)CC1=O. The Bertz CT molecular complexity index is 255. The van der Waals surface area contributed by atoms with Crippen molar-refractivity contribution < 1.29 is 9.59 Å². The molecule has 0 radical (unpaired) electrons. The Kier molecular flexibility index (Phi) is 4.08. The highest BCUT2D eigenvalue weighted by Gasteiger charge is 2.24. The first kappa shape index (κ1) is 12.0. The van der Waals surface area contributed by atoms with E-state index < -0.39 is 0 Å². The Morgan fingerprint density at radius 2 is 2.00 bits per heavy atom. The second-order valence-electron chi connectivity index (χ2n) is 4.02. The van der Waals surface area contributed by atoms with Crippen LogP contribution in [0.1, 0.15) is 13.3 Å². The summed E-state index contributed by atoms with van der Waals surface area (Å²) in [7, 11) is 3.60. The molecule has 1 N–H and O–H groups in total. The summed E-state index contributed by atoms with van der Waals surface area (Å²) >= 11 is 0. The molecular weight excluding hydrogens is 194 g/mol. The molecule has 1 aliphatic heterocycles. The van der Waals surface area contributed by atoms with Gasteiger partial charge in [0.25, 0.3) is 0 Å². The number of rotatable bonds is 3. The monoisotopic (exact) mass is 213 g/mol. The van der Waals surface area contributed by atoms with Crippen LogP contribution < -0.4 is 5.32 Å². The molecule has 86 valence electrons.